The largest absolute Gasteiger partial charge is 0.378 e. The summed E-state index contributed by atoms with van der Waals surface area (Å²) < 4.78 is 33.3. The molecule has 3 rings (SSSR count). The van der Waals surface area contributed by atoms with Gasteiger partial charge in [0.05, 0.1) is 18.4 Å². The molecule has 3 aliphatic rings. The van der Waals surface area contributed by atoms with Gasteiger partial charge in [0.25, 0.3) is 0 Å². The highest BCUT2D eigenvalue weighted by atomic mass is 127. The Morgan fingerprint density at radius 1 is 1.03 bits per heavy atom. The molecule has 30 heavy (non-hydrogen) atoms. The molecular weight excluding hydrogens is 515 g/mol. The zero-order chi connectivity index (χ0) is 20.5. The Morgan fingerprint density at radius 2 is 1.70 bits per heavy atom. The topological polar surface area (TPSA) is 83.0 Å². The van der Waals surface area contributed by atoms with Crippen LogP contribution in [0.3, 0.4) is 0 Å². The van der Waals surface area contributed by atoms with Crippen molar-refractivity contribution in [3.8, 4) is 0 Å². The molecule has 0 aromatic heterocycles. The maximum atomic E-state index is 12.2. The molecule has 2 saturated carbocycles. The molecule has 0 radical (unpaired) electrons. The fourth-order valence-electron chi connectivity index (χ4n) is 4.39. The van der Waals surface area contributed by atoms with E-state index in [1.54, 1.807) is 0 Å². The number of aliphatic imine (C=N–C) groups is 1. The van der Waals surface area contributed by atoms with Gasteiger partial charge in [-0.25, -0.2) is 13.1 Å². The minimum absolute atomic E-state index is 0. The maximum Gasteiger partial charge on any atom is 0.213 e. The van der Waals surface area contributed by atoms with E-state index in [0.717, 1.165) is 63.8 Å². The van der Waals surface area contributed by atoms with Gasteiger partial charge in [0, 0.05) is 32.8 Å². The van der Waals surface area contributed by atoms with Gasteiger partial charge >= 0.3 is 0 Å². The summed E-state index contributed by atoms with van der Waals surface area (Å²) in [7, 11) is -3.24. The van der Waals surface area contributed by atoms with E-state index in [4.69, 9.17) is 4.74 Å². The Kier molecular flexibility index (Phi) is 11.7. The van der Waals surface area contributed by atoms with Gasteiger partial charge in [-0.2, -0.15) is 0 Å². The average molecular weight is 557 g/mol. The molecule has 0 atom stereocenters. The van der Waals surface area contributed by atoms with Crippen LogP contribution in [0.25, 0.3) is 0 Å². The standard InChI is InChI=1S/C21H40N4O3S.HI/c1-2-22-21(23-12-15-29(26,27)24-16-18-8-5-9-18)25-13-10-20(11-14-25)28-17-19-6-3-4-7-19;/h18-20,24H,2-17H2,1H3,(H,22,23);1H. The smallest absolute Gasteiger partial charge is 0.213 e. The van der Waals surface area contributed by atoms with Crippen LogP contribution in [0.1, 0.15) is 64.7 Å². The number of sulfonamides is 1. The molecule has 1 aliphatic heterocycles. The second-order valence-corrected chi connectivity index (χ2v) is 10.8. The minimum Gasteiger partial charge on any atom is -0.378 e. The Morgan fingerprint density at radius 3 is 2.30 bits per heavy atom. The maximum absolute atomic E-state index is 12.2. The van der Waals surface area contributed by atoms with Crippen LogP contribution in [0.2, 0.25) is 0 Å². The van der Waals surface area contributed by atoms with Gasteiger partial charge in [0.1, 0.15) is 0 Å². The van der Waals surface area contributed by atoms with E-state index in [9.17, 15) is 8.42 Å². The van der Waals surface area contributed by atoms with Crippen molar-refractivity contribution in [3.63, 3.8) is 0 Å². The number of nitrogens with one attached hydrogen (secondary N) is 2. The molecule has 2 aliphatic carbocycles. The normalized spacial score (nSPS) is 22.0. The van der Waals surface area contributed by atoms with Crippen molar-refractivity contribution < 1.29 is 13.2 Å². The quantitative estimate of drug-likeness (QED) is 0.246. The van der Waals surface area contributed by atoms with Crippen molar-refractivity contribution in [1.29, 1.82) is 0 Å². The number of rotatable bonds is 10. The number of nitrogens with zero attached hydrogens (tertiary/aromatic N) is 2. The van der Waals surface area contributed by atoms with Gasteiger partial charge in [-0.3, -0.25) is 4.99 Å². The van der Waals surface area contributed by atoms with Crippen LogP contribution in [0.5, 0.6) is 0 Å². The first-order chi connectivity index (χ1) is 14.1. The number of piperidine rings is 1. The predicted octanol–water partition coefficient (Wildman–Crippen LogP) is 2.96. The van der Waals surface area contributed by atoms with E-state index in [0.29, 0.717) is 25.1 Å². The first kappa shape index (κ1) is 26.1. The molecule has 7 nitrogen and oxygen atoms in total. The van der Waals surface area contributed by atoms with Crippen LogP contribution in [-0.4, -0.2) is 70.5 Å². The molecule has 1 saturated heterocycles. The summed E-state index contributed by atoms with van der Waals surface area (Å²) in [4.78, 5) is 6.83. The fraction of sp³-hybridized carbons (Fsp3) is 0.952. The summed E-state index contributed by atoms with van der Waals surface area (Å²) in [6, 6.07) is 0. The first-order valence-electron chi connectivity index (χ1n) is 11.7. The van der Waals surface area contributed by atoms with Crippen molar-refractivity contribution in [3.05, 3.63) is 0 Å². The van der Waals surface area contributed by atoms with Crippen LogP contribution in [0, 0.1) is 11.8 Å². The second-order valence-electron chi connectivity index (χ2n) is 8.87. The van der Waals surface area contributed by atoms with Gasteiger partial charge in [-0.1, -0.05) is 19.3 Å². The molecule has 1 heterocycles. The first-order valence-corrected chi connectivity index (χ1v) is 13.3. The number of likely N-dealkylation sites (tertiary alicyclic amines) is 1. The SMILES string of the molecule is CCNC(=NCCS(=O)(=O)NCC1CCC1)N1CCC(OCC2CCCC2)CC1.I. The van der Waals surface area contributed by atoms with Crippen LogP contribution in [0.4, 0.5) is 0 Å². The molecule has 0 spiro atoms. The van der Waals surface area contributed by atoms with E-state index >= 15 is 0 Å². The summed E-state index contributed by atoms with van der Waals surface area (Å²) in [5.74, 6) is 2.18. The predicted molar refractivity (Wildman–Crippen MR) is 133 cm³/mol. The van der Waals surface area contributed by atoms with E-state index in [2.05, 4.69) is 19.9 Å². The molecule has 0 bridgehead atoms. The molecule has 0 aromatic rings. The summed E-state index contributed by atoms with van der Waals surface area (Å²) in [5.41, 5.74) is 0. The van der Waals surface area contributed by atoms with Crippen molar-refractivity contribution in [2.45, 2.75) is 70.8 Å². The van der Waals surface area contributed by atoms with Crippen molar-refractivity contribution in [2.75, 3.05) is 45.1 Å². The zero-order valence-corrected chi connectivity index (χ0v) is 21.6. The van der Waals surface area contributed by atoms with E-state index in [1.165, 1.54) is 32.1 Å². The highest BCUT2D eigenvalue weighted by Gasteiger charge is 2.24. The lowest BCUT2D eigenvalue weighted by Crippen LogP contribution is -2.47. The summed E-state index contributed by atoms with van der Waals surface area (Å²) in [6.45, 7) is 6.45. The minimum atomic E-state index is -3.24. The second kappa shape index (κ2) is 13.4. The average Bonchev–Trinajstić information content (AvgIpc) is 3.18. The van der Waals surface area contributed by atoms with Gasteiger partial charge in [-0.15, -0.1) is 24.0 Å². The van der Waals surface area contributed by atoms with Gasteiger partial charge in [-0.05, 0) is 57.3 Å². The third-order valence-electron chi connectivity index (χ3n) is 6.56. The van der Waals surface area contributed by atoms with Crippen molar-refractivity contribution in [2.24, 2.45) is 16.8 Å². The Balaban J connectivity index is 0.00000320. The molecule has 0 unspecified atom stereocenters. The van der Waals surface area contributed by atoms with Crippen molar-refractivity contribution >= 4 is 40.0 Å². The van der Waals surface area contributed by atoms with E-state index < -0.39 is 10.0 Å². The lowest BCUT2D eigenvalue weighted by molar-refractivity contribution is 0.00102. The van der Waals surface area contributed by atoms with Crippen molar-refractivity contribution in [1.82, 2.24) is 14.9 Å². The lowest BCUT2D eigenvalue weighted by Gasteiger charge is -2.34. The third kappa shape index (κ3) is 8.78. The summed E-state index contributed by atoms with van der Waals surface area (Å²) in [6.07, 6.45) is 11.3. The molecule has 176 valence electrons. The molecule has 0 amide bonds. The Labute approximate surface area is 200 Å². The van der Waals surface area contributed by atoms with Crippen LogP contribution in [0.15, 0.2) is 4.99 Å². The van der Waals surface area contributed by atoms with Gasteiger partial charge in [0.15, 0.2) is 5.96 Å². The van der Waals surface area contributed by atoms with E-state index in [1.807, 2.05) is 6.92 Å². The van der Waals surface area contributed by atoms with Gasteiger partial charge < -0.3 is 15.0 Å². The molecule has 9 heteroatoms. The van der Waals surface area contributed by atoms with Crippen LogP contribution >= 0.6 is 24.0 Å². The molecule has 2 N–H and O–H groups in total. The fourth-order valence-corrected chi connectivity index (χ4v) is 5.36. The Bertz CT molecular complexity index is 614. The lowest BCUT2D eigenvalue weighted by atomic mass is 9.86. The number of halogens is 1. The molecular formula is C21H41IN4O3S. The highest BCUT2D eigenvalue weighted by Crippen LogP contribution is 2.26. The number of guanidine groups is 1. The number of hydrogen-bond acceptors (Lipinski definition) is 4. The van der Waals surface area contributed by atoms with Gasteiger partial charge in [0.2, 0.25) is 10.0 Å². The molecule has 3 fully saturated rings. The van der Waals surface area contributed by atoms with Crippen LogP contribution in [-0.2, 0) is 14.8 Å². The third-order valence-corrected chi connectivity index (χ3v) is 7.88. The Hall–Kier alpha value is -0.130. The van der Waals surface area contributed by atoms with E-state index in [-0.39, 0.29) is 29.7 Å². The highest BCUT2D eigenvalue weighted by molar-refractivity contribution is 14.0. The monoisotopic (exact) mass is 556 g/mol. The zero-order valence-electron chi connectivity index (χ0n) is 18.5. The molecule has 0 aromatic carbocycles. The summed E-state index contributed by atoms with van der Waals surface area (Å²) in [5, 5.41) is 3.32. The number of hydrogen-bond donors (Lipinski definition) is 2. The van der Waals surface area contributed by atoms with Crippen LogP contribution < -0.4 is 10.0 Å². The number of ether oxygens (including phenoxy) is 1. The summed E-state index contributed by atoms with van der Waals surface area (Å²) >= 11 is 0.